The maximum atomic E-state index is 12.7. The maximum Gasteiger partial charge on any atom is 0.269 e. The van der Waals surface area contributed by atoms with Crippen molar-refractivity contribution in [2.75, 3.05) is 31.7 Å². The van der Waals surface area contributed by atoms with E-state index >= 15 is 0 Å². The van der Waals surface area contributed by atoms with Crippen LogP contribution in [0.25, 0.3) is 10.2 Å². The molecule has 0 aliphatic carbocycles. The summed E-state index contributed by atoms with van der Waals surface area (Å²) in [5, 5.41) is 0.582. The molecule has 0 unspecified atom stereocenters. The first-order chi connectivity index (χ1) is 14.3. The van der Waals surface area contributed by atoms with E-state index in [1.54, 1.807) is 0 Å². The number of amides is 1. The SMILES string of the molecule is Cc1cc(C)c2sc(NNC(=O)c3ccc(S(=O)(=O)N4CCOCC4)cc3)nc2c1. The van der Waals surface area contributed by atoms with Crippen molar-refractivity contribution in [3.8, 4) is 0 Å². The number of carbonyl (C=O) groups excluding carboxylic acids is 1. The zero-order valence-corrected chi connectivity index (χ0v) is 18.3. The lowest BCUT2D eigenvalue weighted by Crippen LogP contribution is -2.40. The zero-order valence-electron chi connectivity index (χ0n) is 16.6. The van der Waals surface area contributed by atoms with Crippen LogP contribution in [0.3, 0.4) is 0 Å². The molecule has 158 valence electrons. The number of sulfonamides is 1. The molecule has 1 saturated heterocycles. The Morgan fingerprint density at radius 1 is 1.13 bits per heavy atom. The minimum Gasteiger partial charge on any atom is -0.379 e. The van der Waals surface area contributed by atoms with Crippen LogP contribution in [0.5, 0.6) is 0 Å². The minimum atomic E-state index is -3.58. The van der Waals surface area contributed by atoms with Gasteiger partial charge in [0.25, 0.3) is 5.91 Å². The fourth-order valence-corrected chi connectivity index (χ4v) is 5.60. The third kappa shape index (κ3) is 4.17. The molecular weight excluding hydrogens is 424 g/mol. The Labute approximate surface area is 178 Å². The fraction of sp³-hybridized carbons (Fsp3) is 0.300. The quantitative estimate of drug-likeness (QED) is 0.585. The van der Waals surface area contributed by atoms with E-state index in [1.165, 1.54) is 39.9 Å². The number of fused-ring (bicyclic) bond motifs is 1. The summed E-state index contributed by atoms with van der Waals surface area (Å²) in [5.41, 5.74) is 8.95. The van der Waals surface area contributed by atoms with Gasteiger partial charge in [-0.1, -0.05) is 17.4 Å². The predicted molar refractivity (Wildman–Crippen MR) is 116 cm³/mol. The third-order valence-electron chi connectivity index (χ3n) is 4.83. The number of hydrogen-bond acceptors (Lipinski definition) is 7. The highest BCUT2D eigenvalue weighted by Crippen LogP contribution is 2.29. The smallest absolute Gasteiger partial charge is 0.269 e. The average molecular weight is 447 g/mol. The van der Waals surface area contributed by atoms with Gasteiger partial charge in [-0.2, -0.15) is 4.31 Å². The molecule has 1 amide bonds. The number of hydrogen-bond donors (Lipinski definition) is 2. The standard InChI is InChI=1S/C20H22N4O4S2/c1-13-11-14(2)18-17(12-13)21-20(29-18)23-22-19(25)15-3-5-16(6-4-15)30(26,27)24-7-9-28-10-8-24/h3-6,11-12H,7-10H2,1-2H3,(H,21,23)(H,22,25). The highest BCUT2D eigenvalue weighted by Gasteiger charge is 2.26. The summed E-state index contributed by atoms with van der Waals surface area (Å²) < 4.78 is 33.0. The number of nitrogens with one attached hydrogen (secondary N) is 2. The van der Waals surface area contributed by atoms with Crippen molar-refractivity contribution in [1.29, 1.82) is 0 Å². The number of aromatic nitrogens is 1. The van der Waals surface area contributed by atoms with Gasteiger partial charge in [-0.05, 0) is 55.3 Å². The van der Waals surface area contributed by atoms with E-state index in [0.717, 1.165) is 21.3 Å². The van der Waals surface area contributed by atoms with Crippen LogP contribution in [0.1, 0.15) is 21.5 Å². The molecule has 4 rings (SSSR count). The Hall–Kier alpha value is -2.53. The molecule has 0 radical (unpaired) electrons. The van der Waals surface area contributed by atoms with E-state index in [9.17, 15) is 13.2 Å². The van der Waals surface area contributed by atoms with Crippen LogP contribution in [-0.2, 0) is 14.8 Å². The van der Waals surface area contributed by atoms with Crippen molar-refractivity contribution in [2.24, 2.45) is 0 Å². The Bertz CT molecular complexity index is 1180. The molecule has 1 aliphatic heterocycles. The molecule has 1 fully saturated rings. The molecule has 10 heteroatoms. The van der Waals surface area contributed by atoms with Gasteiger partial charge in [0.05, 0.1) is 28.3 Å². The lowest BCUT2D eigenvalue weighted by atomic mass is 10.1. The van der Waals surface area contributed by atoms with E-state index in [1.807, 2.05) is 19.9 Å². The molecule has 1 aliphatic rings. The van der Waals surface area contributed by atoms with Crippen LogP contribution in [-0.4, -0.2) is 49.9 Å². The summed E-state index contributed by atoms with van der Waals surface area (Å²) in [7, 11) is -3.58. The second kappa shape index (κ2) is 8.31. The topological polar surface area (TPSA) is 101 Å². The van der Waals surface area contributed by atoms with Gasteiger partial charge in [0.15, 0.2) is 0 Å². The van der Waals surface area contributed by atoms with Crippen LogP contribution in [0.2, 0.25) is 0 Å². The number of carbonyl (C=O) groups is 1. The number of ether oxygens (including phenoxy) is 1. The molecular formula is C20H22N4O4S2. The number of aryl methyl sites for hydroxylation is 2. The molecule has 1 aromatic heterocycles. The van der Waals surface area contributed by atoms with Gasteiger partial charge in [0.1, 0.15) is 0 Å². The Morgan fingerprint density at radius 3 is 2.53 bits per heavy atom. The molecule has 0 bridgehead atoms. The summed E-state index contributed by atoms with van der Waals surface area (Å²) in [6, 6.07) is 9.98. The van der Waals surface area contributed by atoms with Crippen LogP contribution >= 0.6 is 11.3 Å². The second-order valence-electron chi connectivity index (χ2n) is 7.07. The van der Waals surface area contributed by atoms with E-state index in [2.05, 4.69) is 21.9 Å². The van der Waals surface area contributed by atoms with Gasteiger partial charge < -0.3 is 4.74 Å². The highest BCUT2D eigenvalue weighted by atomic mass is 32.2. The number of rotatable bonds is 5. The van der Waals surface area contributed by atoms with Crippen molar-refractivity contribution in [1.82, 2.24) is 14.7 Å². The molecule has 8 nitrogen and oxygen atoms in total. The maximum absolute atomic E-state index is 12.7. The lowest BCUT2D eigenvalue weighted by molar-refractivity contribution is 0.0730. The van der Waals surface area contributed by atoms with Crippen molar-refractivity contribution in [3.05, 3.63) is 53.1 Å². The van der Waals surface area contributed by atoms with E-state index in [-0.39, 0.29) is 10.8 Å². The van der Waals surface area contributed by atoms with Gasteiger partial charge in [0, 0.05) is 18.7 Å². The summed E-state index contributed by atoms with van der Waals surface area (Å²) in [6.45, 7) is 5.48. The van der Waals surface area contributed by atoms with Crippen molar-refractivity contribution >= 4 is 42.6 Å². The summed E-state index contributed by atoms with van der Waals surface area (Å²) >= 11 is 1.46. The average Bonchev–Trinajstić information content (AvgIpc) is 3.16. The summed E-state index contributed by atoms with van der Waals surface area (Å²) in [5.74, 6) is -0.377. The minimum absolute atomic E-state index is 0.158. The zero-order chi connectivity index (χ0) is 21.3. The summed E-state index contributed by atoms with van der Waals surface area (Å²) in [6.07, 6.45) is 0. The van der Waals surface area contributed by atoms with Crippen molar-refractivity contribution in [2.45, 2.75) is 18.7 Å². The lowest BCUT2D eigenvalue weighted by Gasteiger charge is -2.26. The number of hydrazine groups is 1. The molecule has 2 heterocycles. The van der Waals surface area contributed by atoms with E-state index < -0.39 is 10.0 Å². The largest absolute Gasteiger partial charge is 0.379 e. The van der Waals surface area contributed by atoms with Gasteiger partial charge in [-0.3, -0.25) is 15.6 Å². The molecule has 2 aromatic carbocycles. The number of nitrogens with zero attached hydrogens (tertiary/aromatic N) is 2. The number of thiazole rings is 1. The van der Waals surface area contributed by atoms with Gasteiger partial charge in [-0.15, -0.1) is 0 Å². The molecule has 0 atom stereocenters. The van der Waals surface area contributed by atoms with Crippen LogP contribution in [0, 0.1) is 13.8 Å². The van der Waals surface area contributed by atoms with E-state index in [0.29, 0.717) is 37.0 Å². The Balaban J connectivity index is 1.43. The Morgan fingerprint density at radius 2 is 1.83 bits per heavy atom. The van der Waals surface area contributed by atoms with Crippen LogP contribution in [0.15, 0.2) is 41.3 Å². The van der Waals surface area contributed by atoms with Crippen LogP contribution < -0.4 is 10.9 Å². The van der Waals surface area contributed by atoms with Crippen LogP contribution in [0.4, 0.5) is 5.13 Å². The number of benzene rings is 2. The highest BCUT2D eigenvalue weighted by molar-refractivity contribution is 7.89. The molecule has 30 heavy (non-hydrogen) atoms. The van der Waals surface area contributed by atoms with Gasteiger partial charge in [-0.25, -0.2) is 13.4 Å². The molecule has 0 spiro atoms. The second-order valence-corrected chi connectivity index (χ2v) is 10.0. The first-order valence-corrected chi connectivity index (χ1v) is 11.7. The third-order valence-corrected chi connectivity index (χ3v) is 7.86. The predicted octanol–water partition coefficient (Wildman–Crippen LogP) is 2.69. The summed E-state index contributed by atoms with van der Waals surface area (Å²) in [4.78, 5) is 17.1. The van der Waals surface area contributed by atoms with Crippen molar-refractivity contribution in [3.63, 3.8) is 0 Å². The van der Waals surface area contributed by atoms with Crippen molar-refractivity contribution < 1.29 is 17.9 Å². The van der Waals surface area contributed by atoms with Gasteiger partial charge >= 0.3 is 0 Å². The van der Waals surface area contributed by atoms with E-state index in [4.69, 9.17) is 4.74 Å². The molecule has 2 N–H and O–H groups in total. The number of morpholine rings is 1. The van der Waals surface area contributed by atoms with Gasteiger partial charge in [0.2, 0.25) is 15.2 Å². The first-order valence-electron chi connectivity index (χ1n) is 9.47. The normalized spacial score (nSPS) is 15.3. The fourth-order valence-electron chi connectivity index (χ4n) is 3.33. The number of anilines is 1. The molecule has 3 aromatic rings. The molecule has 0 saturated carbocycles. The first kappa shape index (κ1) is 20.7. The monoisotopic (exact) mass is 446 g/mol. The Kier molecular flexibility index (Phi) is 5.74.